The van der Waals surface area contributed by atoms with E-state index in [9.17, 15) is 0 Å². The highest BCUT2D eigenvalue weighted by Crippen LogP contribution is 2.31. The lowest BCUT2D eigenvalue weighted by Gasteiger charge is -2.21. The van der Waals surface area contributed by atoms with Gasteiger partial charge in [-0.3, -0.25) is 4.90 Å². The summed E-state index contributed by atoms with van der Waals surface area (Å²) in [6.45, 7) is 1.64. The summed E-state index contributed by atoms with van der Waals surface area (Å²) in [6.07, 6.45) is 4.22. The van der Waals surface area contributed by atoms with Crippen LogP contribution in [0.3, 0.4) is 0 Å². The van der Waals surface area contributed by atoms with Crippen LogP contribution in [0.4, 0.5) is 5.69 Å². The largest absolute Gasteiger partial charge is 0.468 e. The predicted molar refractivity (Wildman–Crippen MR) is 76.8 cm³/mol. The molecule has 2 N–H and O–H groups in total. The molecular weight excluding hydrogens is 260 g/mol. The highest BCUT2D eigenvalue weighted by Gasteiger charge is 2.29. The van der Waals surface area contributed by atoms with Gasteiger partial charge >= 0.3 is 0 Å². The number of halogens is 1. The minimum Gasteiger partial charge on any atom is -0.468 e. The Morgan fingerprint density at radius 1 is 1.26 bits per heavy atom. The average molecular weight is 277 g/mol. The second-order valence-electron chi connectivity index (χ2n) is 5.06. The molecule has 4 heteroatoms. The van der Waals surface area contributed by atoms with Gasteiger partial charge in [0.1, 0.15) is 5.76 Å². The molecule has 1 saturated carbocycles. The normalized spacial score (nSPS) is 15.1. The fourth-order valence-electron chi connectivity index (χ4n) is 2.29. The van der Waals surface area contributed by atoms with Gasteiger partial charge in [-0.15, -0.1) is 0 Å². The summed E-state index contributed by atoms with van der Waals surface area (Å²) in [5.41, 5.74) is 7.91. The molecule has 1 aliphatic rings. The van der Waals surface area contributed by atoms with Gasteiger partial charge in [-0.1, -0.05) is 11.6 Å². The van der Waals surface area contributed by atoms with E-state index in [1.807, 2.05) is 30.3 Å². The molecule has 0 atom stereocenters. The van der Waals surface area contributed by atoms with Crippen molar-refractivity contribution < 1.29 is 4.42 Å². The zero-order valence-corrected chi connectivity index (χ0v) is 11.4. The minimum atomic E-state index is 0.642. The summed E-state index contributed by atoms with van der Waals surface area (Å²) in [5, 5.41) is 0.734. The van der Waals surface area contributed by atoms with Crippen LogP contribution in [0, 0.1) is 0 Å². The number of anilines is 1. The smallest absolute Gasteiger partial charge is 0.117 e. The van der Waals surface area contributed by atoms with Gasteiger partial charge in [0.15, 0.2) is 0 Å². The van der Waals surface area contributed by atoms with Crippen molar-refractivity contribution in [2.45, 2.75) is 32.0 Å². The maximum absolute atomic E-state index is 6.05. The van der Waals surface area contributed by atoms with Crippen molar-refractivity contribution in [1.82, 2.24) is 4.90 Å². The molecule has 2 aromatic rings. The van der Waals surface area contributed by atoms with Crippen molar-refractivity contribution in [1.29, 1.82) is 0 Å². The molecule has 0 radical (unpaired) electrons. The minimum absolute atomic E-state index is 0.642. The first-order valence-electron chi connectivity index (χ1n) is 6.53. The molecule has 0 amide bonds. The molecule has 1 aliphatic carbocycles. The van der Waals surface area contributed by atoms with Crippen LogP contribution in [0.2, 0.25) is 5.02 Å². The highest BCUT2D eigenvalue weighted by atomic mass is 35.5. The van der Waals surface area contributed by atoms with E-state index in [1.165, 1.54) is 12.8 Å². The van der Waals surface area contributed by atoms with E-state index in [2.05, 4.69) is 4.90 Å². The Balaban J connectivity index is 1.76. The Morgan fingerprint density at radius 3 is 2.79 bits per heavy atom. The van der Waals surface area contributed by atoms with Crippen LogP contribution in [0.1, 0.15) is 24.2 Å². The van der Waals surface area contributed by atoms with Crippen LogP contribution in [0.15, 0.2) is 41.0 Å². The van der Waals surface area contributed by atoms with Crippen molar-refractivity contribution in [2.75, 3.05) is 5.73 Å². The molecule has 19 heavy (non-hydrogen) atoms. The van der Waals surface area contributed by atoms with Crippen LogP contribution in [0.25, 0.3) is 0 Å². The maximum atomic E-state index is 6.05. The zero-order valence-electron chi connectivity index (χ0n) is 10.7. The molecule has 0 aliphatic heterocycles. The van der Waals surface area contributed by atoms with E-state index in [1.54, 1.807) is 6.26 Å². The number of nitrogens with zero attached hydrogens (tertiary/aromatic N) is 1. The number of hydrogen-bond acceptors (Lipinski definition) is 3. The molecule has 0 spiro atoms. The Hall–Kier alpha value is -1.45. The van der Waals surface area contributed by atoms with Crippen molar-refractivity contribution in [2.24, 2.45) is 0 Å². The fourth-order valence-corrected chi connectivity index (χ4v) is 2.48. The third-order valence-corrected chi connectivity index (χ3v) is 3.72. The lowest BCUT2D eigenvalue weighted by molar-refractivity contribution is 0.225. The van der Waals surface area contributed by atoms with E-state index >= 15 is 0 Å². The number of furan rings is 1. The van der Waals surface area contributed by atoms with E-state index in [-0.39, 0.29) is 0 Å². The number of benzene rings is 1. The zero-order chi connectivity index (χ0) is 13.2. The monoisotopic (exact) mass is 276 g/mol. The lowest BCUT2D eigenvalue weighted by Crippen LogP contribution is -2.25. The standard InChI is InChI=1S/C15H17ClN2O/c16-12-3-6-15(17)11(8-12)9-18(13-4-5-13)10-14-2-1-7-19-14/h1-3,6-8,13H,4-5,9-10,17H2. The second-order valence-corrected chi connectivity index (χ2v) is 5.50. The Bertz CT molecular complexity index is 549. The van der Waals surface area contributed by atoms with Crippen LogP contribution >= 0.6 is 11.6 Å². The topological polar surface area (TPSA) is 42.4 Å². The van der Waals surface area contributed by atoms with E-state index in [0.29, 0.717) is 6.04 Å². The van der Waals surface area contributed by atoms with E-state index in [0.717, 1.165) is 35.1 Å². The molecule has 1 fully saturated rings. The molecule has 3 rings (SSSR count). The van der Waals surface area contributed by atoms with Gasteiger partial charge < -0.3 is 10.2 Å². The van der Waals surface area contributed by atoms with Gasteiger partial charge in [0.25, 0.3) is 0 Å². The van der Waals surface area contributed by atoms with Crippen LogP contribution in [-0.4, -0.2) is 10.9 Å². The first-order chi connectivity index (χ1) is 9.22. The molecule has 1 aromatic heterocycles. The number of rotatable bonds is 5. The lowest BCUT2D eigenvalue weighted by atomic mass is 10.1. The second kappa shape index (κ2) is 5.27. The summed E-state index contributed by atoms with van der Waals surface area (Å²) in [7, 11) is 0. The molecule has 0 saturated heterocycles. The number of nitrogen functional groups attached to an aromatic ring is 1. The SMILES string of the molecule is Nc1ccc(Cl)cc1CN(Cc1ccco1)C1CC1. The van der Waals surface area contributed by atoms with Crippen LogP contribution < -0.4 is 5.73 Å². The molecule has 100 valence electrons. The van der Waals surface area contributed by atoms with Gasteiger partial charge in [-0.25, -0.2) is 0 Å². The summed E-state index contributed by atoms with van der Waals surface area (Å²) >= 11 is 6.05. The predicted octanol–water partition coefficient (Wildman–Crippen LogP) is 3.68. The maximum Gasteiger partial charge on any atom is 0.117 e. The summed E-state index contributed by atoms with van der Waals surface area (Å²) in [5.74, 6) is 0.993. The first kappa shape index (κ1) is 12.6. The number of nitrogens with two attached hydrogens (primary N) is 1. The Morgan fingerprint density at radius 2 is 2.11 bits per heavy atom. The van der Waals surface area contributed by atoms with Gasteiger partial charge in [-0.2, -0.15) is 0 Å². The van der Waals surface area contributed by atoms with Gasteiger partial charge in [-0.05, 0) is 48.7 Å². The summed E-state index contributed by atoms with van der Waals surface area (Å²) < 4.78 is 5.43. The highest BCUT2D eigenvalue weighted by molar-refractivity contribution is 6.30. The van der Waals surface area contributed by atoms with Crippen LogP contribution in [0.5, 0.6) is 0 Å². The molecule has 0 unspecified atom stereocenters. The van der Waals surface area contributed by atoms with Crippen LogP contribution in [-0.2, 0) is 13.1 Å². The van der Waals surface area contributed by atoms with Gasteiger partial charge in [0.2, 0.25) is 0 Å². The summed E-state index contributed by atoms with van der Waals surface area (Å²) in [6, 6.07) is 10.2. The summed E-state index contributed by atoms with van der Waals surface area (Å²) in [4.78, 5) is 2.40. The molecule has 1 aromatic carbocycles. The first-order valence-corrected chi connectivity index (χ1v) is 6.90. The van der Waals surface area contributed by atoms with Crippen molar-refractivity contribution in [3.8, 4) is 0 Å². The quantitative estimate of drug-likeness (QED) is 0.847. The van der Waals surface area contributed by atoms with Crippen molar-refractivity contribution in [3.05, 3.63) is 52.9 Å². The van der Waals surface area contributed by atoms with Gasteiger partial charge in [0.05, 0.1) is 12.8 Å². The number of hydrogen-bond donors (Lipinski definition) is 1. The average Bonchev–Trinajstić information content (AvgIpc) is 3.12. The van der Waals surface area contributed by atoms with E-state index < -0.39 is 0 Å². The van der Waals surface area contributed by atoms with Crippen molar-refractivity contribution in [3.63, 3.8) is 0 Å². The molecular formula is C15H17ClN2O. The van der Waals surface area contributed by atoms with Gasteiger partial charge in [0, 0.05) is 23.3 Å². The molecule has 0 bridgehead atoms. The van der Waals surface area contributed by atoms with E-state index in [4.69, 9.17) is 21.8 Å². The fraction of sp³-hybridized carbons (Fsp3) is 0.333. The van der Waals surface area contributed by atoms with Crippen molar-refractivity contribution >= 4 is 17.3 Å². The third kappa shape index (κ3) is 3.11. The molecule has 3 nitrogen and oxygen atoms in total. The third-order valence-electron chi connectivity index (χ3n) is 3.48. The molecule has 1 heterocycles. The Kier molecular flexibility index (Phi) is 3.49. The Labute approximate surface area is 118 Å².